The van der Waals surface area contributed by atoms with E-state index in [1.165, 1.54) is 16.8 Å². The second kappa shape index (κ2) is 6.06. The molecule has 0 aromatic heterocycles. The van der Waals surface area contributed by atoms with Crippen LogP contribution in [0.2, 0.25) is 0 Å². The van der Waals surface area contributed by atoms with Crippen molar-refractivity contribution in [3.8, 4) is 0 Å². The Morgan fingerprint density at radius 2 is 1.76 bits per heavy atom. The lowest BCUT2D eigenvalue weighted by molar-refractivity contribution is -0.121. The molecule has 0 saturated carbocycles. The van der Waals surface area contributed by atoms with Crippen LogP contribution in [0.15, 0.2) is 18.2 Å². The maximum Gasteiger partial charge on any atom is 0.237 e. The predicted octanol–water partition coefficient (Wildman–Crippen LogP) is 1.75. The molecule has 0 radical (unpaired) electrons. The minimum absolute atomic E-state index is 0.0303. The smallest absolute Gasteiger partial charge is 0.237 e. The Hall–Kier alpha value is -1.55. The Morgan fingerprint density at radius 3 is 2.33 bits per heavy atom. The van der Waals surface area contributed by atoms with Gasteiger partial charge in [0.1, 0.15) is 0 Å². The van der Waals surface area contributed by atoms with Gasteiger partial charge in [-0.2, -0.15) is 0 Å². The number of piperidine rings is 1. The highest BCUT2D eigenvalue weighted by Crippen LogP contribution is 2.23. The molecule has 2 N–H and O–H groups in total. The van der Waals surface area contributed by atoms with Crippen molar-refractivity contribution in [2.24, 2.45) is 0 Å². The lowest BCUT2D eigenvalue weighted by atomic mass is 10.0. The van der Waals surface area contributed by atoms with E-state index in [0.29, 0.717) is 6.04 Å². The Bertz CT molecular complexity index is 501. The van der Waals surface area contributed by atoms with Gasteiger partial charge >= 0.3 is 0 Å². The van der Waals surface area contributed by atoms with Gasteiger partial charge in [-0.05, 0) is 56.4 Å². The van der Waals surface area contributed by atoms with E-state index in [9.17, 15) is 4.79 Å². The molecule has 0 unspecified atom stereocenters. The molecule has 1 atom stereocenters. The highest BCUT2D eigenvalue weighted by atomic mass is 16.2. The largest absolute Gasteiger partial charge is 0.371 e. The summed E-state index contributed by atoms with van der Waals surface area (Å²) in [5.74, 6) is 0.173. The Labute approximate surface area is 126 Å². The predicted molar refractivity (Wildman–Crippen MR) is 85.7 cm³/mol. The molecule has 21 heavy (non-hydrogen) atoms. The molecule has 4 nitrogen and oxygen atoms in total. The summed E-state index contributed by atoms with van der Waals surface area (Å²) < 4.78 is 0. The molecule has 2 saturated heterocycles. The fourth-order valence-electron chi connectivity index (χ4n) is 3.48. The van der Waals surface area contributed by atoms with Crippen molar-refractivity contribution in [3.05, 3.63) is 29.3 Å². The third kappa shape index (κ3) is 3.38. The van der Waals surface area contributed by atoms with E-state index in [0.717, 1.165) is 38.9 Å². The lowest BCUT2D eigenvalue weighted by Gasteiger charge is -2.35. The topological polar surface area (TPSA) is 44.4 Å². The van der Waals surface area contributed by atoms with Gasteiger partial charge in [-0.1, -0.05) is 6.07 Å². The highest BCUT2D eigenvalue weighted by molar-refractivity contribution is 5.83. The monoisotopic (exact) mass is 287 g/mol. The number of nitrogens with zero attached hydrogens (tertiary/aromatic N) is 1. The summed E-state index contributed by atoms with van der Waals surface area (Å²) in [6, 6.07) is 7.26. The third-order valence-corrected chi connectivity index (χ3v) is 4.55. The van der Waals surface area contributed by atoms with E-state index in [4.69, 9.17) is 0 Å². The van der Waals surface area contributed by atoms with Crippen molar-refractivity contribution < 1.29 is 4.79 Å². The average molecular weight is 287 g/mol. The molecule has 2 aliphatic rings. The van der Waals surface area contributed by atoms with Gasteiger partial charge in [0.15, 0.2) is 0 Å². The van der Waals surface area contributed by atoms with Crippen molar-refractivity contribution in [1.82, 2.24) is 10.6 Å². The Kier molecular flexibility index (Phi) is 4.15. The van der Waals surface area contributed by atoms with E-state index in [-0.39, 0.29) is 11.9 Å². The Balaban J connectivity index is 1.56. The minimum atomic E-state index is 0.0303. The van der Waals surface area contributed by atoms with E-state index in [2.05, 4.69) is 47.6 Å². The zero-order valence-electron chi connectivity index (χ0n) is 13.0. The average Bonchev–Trinajstić information content (AvgIpc) is 2.84. The summed E-state index contributed by atoms with van der Waals surface area (Å²) in [5.41, 5.74) is 3.99. The third-order valence-electron chi connectivity index (χ3n) is 4.55. The SMILES string of the molecule is Cc1cc(C)cc(N2CCC(N[C@H]3CCNC3=O)CC2)c1. The van der Waals surface area contributed by atoms with Gasteiger partial charge in [-0.25, -0.2) is 0 Å². The van der Waals surface area contributed by atoms with Crippen molar-refractivity contribution in [1.29, 1.82) is 0 Å². The number of anilines is 1. The van der Waals surface area contributed by atoms with Crippen LogP contribution in [-0.4, -0.2) is 37.6 Å². The summed E-state index contributed by atoms with van der Waals surface area (Å²) >= 11 is 0. The molecule has 2 fully saturated rings. The fourth-order valence-corrected chi connectivity index (χ4v) is 3.48. The van der Waals surface area contributed by atoms with Crippen molar-refractivity contribution in [2.75, 3.05) is 24.5 Å². The summed E-state index contributed by atoms with van der Waals surface area (Å²) in [4.78, 5) is 14.1. The molecule has 0 spiro atoms. The molecule has 1 amide bonds. The van der Waals surface area contributed by atoms with Gasteiger partial charge in [0.2, 0.25) is 5.91 Å². The van der Waals surface area contributed by atoms with Crippen LogP contribution in [0.1, 0.15) is 30.4 Å². The van der Waals surface area contributed by atoms with Crippen LogP contribution in [0, 0.1) is 13.8 Å². The second-order valence-corrected chi connectivity index (χ2v) is 6.41. The van der Waals surface area contributed by atoms with Gasteiger partial charge in [-0.3, -0.25) is 4.79 Å². The zero-order valence-corrected chi connectivity index (χ0v) is 13.0. The fraction of sp³-hybridized carbons (Fsp3) is 0.588. The van der Waals surface area contributed by atoms with Crippen LogP contribution < -0.4 is 15.5 Å². The molecule has 3 rings (SSSR count). The van der Waals surface area contributed by atoms with Crippen molar-refractivity contribution in [3.63, 3.8) is 0 Å². The summed E-state index contributed by atoms with van der Waals surface area (Å²) in [6.45, 7) is 7.26. The summed E-state index contributed by atoms with van der Waals surface area (Å²) in [6.07, 6.45) is 3.14. The molecular weight excluding hydrogens is 262 g/mol. The standard InChI is InChI=1S/C17H25N3O/c1-12-9-13(2)11-15(10-12)20-7-4-14(5-8-20)19-16-3-6-18-17(16)21/h9-11,14,16,19H,3-8H2,1-2H3,(H,18,21)/t16-/m0/s1. The molecule has 0 bridgehead atoms. The molecule has 1 aromatic carbocycles. The van der Waals surface area contributed by atoms with Crippen molar-refractivity contribution in [2.45, 2.75) is 45.2 Å². The lowest BCUT2D eigenvalue weighted by Crippen LogP contribution is -2.48. The number of carbonyl (C=O) groups is 1. The van der Waals surface area contributed by atoms with Gasteiger partial charge in [0.05, 0.1) is 6.04 Å². The molecule has 0 aliphatic carbocycles. The Morgan fingerprint density at radius 1 is 1.10 bits per heavy atom. The summed E-state index contributed by atoms with van der Waals surface area (Å²) in [5, 5.41) is 6.42. The van der Waals surface area contributed by atoms with E-state index in [1.807, 2.05) is 0 Å². The first-order valence-corrected chi connectivity index (χ1v) is 7.99. The van der Waals surface area contributed by atoms with Crippen LogP contribution >= 0.6 is 0 Å². The van der Waals surface area contributed by atoms with Crippen LogP contribution in [0.4, 0.5) is 5.69 Å². The van der Waals surface area contributed by atoms with Crippen LogP contribution in [0.25, 0.3) is 0 Å². The van der Waals surface area contributed by atoms with E-state index >= 15 is 0 Å². The van der Waals surface area contributed by atoms with E-state index in [1.54, 1.807) is 0 Å². The van der Waals surface area contributed by atoms with Crippen LogP contribution in [-0.2, 0) is 4.79 Å². The molecule has 4 heteroatoms. The van der Waals surface area contributed by atoms with Gasteiger partial charge in [0.25, 0.3) is 0 Å². The second-order valence-electron chi connectivity index (χ2n) is 6.41. The number of rotatable bonds is 3. The number of nitrogens with one attached hydrogen (secondary N) is 2. The molecule has 2 heterocycles. The summed E-state index contributed by atoms with van der Waals surface area (Å²) in [7, 11) is 0. The number of aryl methyl sites for hydroxylation is 2. The van der Waals surface area contributed by atoms with Gasteiger partial charge in [0, 0.05) is 31.4 Å². The number of benzene rings is 1. The van der Waals surface area contributed by atoms with Gasteiger partial charge < -0.3 is 15.5 Å². The normalized spacial score (nSPS) is 23.4. The first-order valence-electron chi connectivity index (χ1n) is 7.99. The first-order chi connectivity index (χ1) is 10.1. The van der Waals surface area contributed by atoms with Crippen molar-refractivity contribution >= 4 is 11.6 Å². The molecule has 2 aliphatic heterocycles. The van der Waals surface area contributed by atoms with Gasteiger partial charge in [-0.15, -0.1) is 0 Å². The zero-order chi connectivity index (χ0) is 14.8. The number of hydrogen-bond donors (Lipinski definition) is 2. The van der Waals surface area contributed by atoms with Crippen LogP contribution in [0.3, 0.4) is 0 Å². The molecular formula is C17H25N3O. The number of carbonyl (C=O) groups excluding carboxylic acids is 1. The maximum absolute atomic E-state index is 11.6. The number of amides is 1. The highest BCUT2D eigenvalue weighted by Gasteiger charge is 2.28. The minimum Gasteiger partial charge on any atom is -0.371 e. The quantitative estimate of drug-likeness (QED) is 0.890. The first kappa shape index (κ1) is 14.4. The van der Waals surface area contributed by atoms with E-state index < -0.39 is 0 Å². The molecule has 114 valence electrons. The number of hydrogen-bond acceptors (Lipinski definition) is 3. The van der Waals surface area contributed by atoms with Crippen LogP contribution in [0.5, 0.6) is 0 Å². The molecule has 1 aromatic rings. The maximum atomic E-state index is 11.6.